The van der Waals surface area contributed by atoms with Gasteiger partial charge in [-0.1, -0.05) is 17.7 Å². The number of rotatable bonds is 4. The van der Waals surface area contributed by atoms with Gasteiger partial charge in [-0.25, -0.2) is 9.25 Å². The summed E-state index contributed by atoms with van der Waals surface area (Å²) in [5.41, 5.74) is 9.42. The van der Waals surface area contributed by atoms with E-state index in [2.05, 4.69) is 15.3 Å². The van der Waals surface area contributed by atoms with E-state index in [-0.39, 0.29) is 12.4 Å². The van der Waals surface area contributed by atoms with Gasteiger partial charge in [0.1, 0.15) is 24.2 Å². The number of pyridine rings is 1. The Kier molecular flexibility index (Phi) is 6.12. The van der Waals surface area contributed by atoms with Gasteiger partial charge in [-0.05, 0) is 30.2 Å². The number of nitrogens with two attached hydrogens (primary N) is 1. The van der Waals surface area contributed by atoms with Crippen molar-refractivity contribution in [1.82, 2.24) is 9.78 Å². The van der Waals surface area contributed by atoms with Gasteiger partial charge in [0.2, 0.25) is 0 Å². The number of anilines is 1. The molecular weight excluding hydrogens is 359 g/mol. The Hall–Kier alpha value is -2.44. The highest BCUT2D eigenvalue weighted by molar-refractivity contribution is 6.33. The number of aromatic nitrogens is 3. The lowest BCUT2D eigenvalue weighted by Crippen LogP contribution is -3.00. The molecule has 2 heterocycles. The van der Waals surface area contributed by atoms with Gasteiger partial charge in [-0.2, -0.15) is 5.10 Å². The van der Waals surface area contributed by atoms with E-state index < -0.39 is 0 Å². The van der Waals surface area contributed by atoms with Crippen LogP contribution in [0.3, 0.4) is 0 Å². The van der Waals surface area contributed by atoms with Crippen molar-refractivity contribution in [2.24, 2.45) is 17.3 Å². The molecule has 0 aliphatic heterocycles. The van der Waals surface area contributed by atoms with Gasteiger partial charge in [0, 0.05) is 12.1 Å². The number of halogens is 2. The van der Waals surface area contributed by atoms with Crippen LogP contribution in [0.15, 0.2) is 59.2 Å². The van der Waals surface area contributed by atoms with Gasteiger partial charge in [-0.3, -0.25) is 0 Å². The van der Waals surface area contributed by atoms with E-state index in [1.807, 2.05) is 61.3 Å². The van der Waals surface area contributed by atoms with Crippen molar-refractivity contribution >= 4 is 28.8 Å². The lowest BCUT2D eigenvalue weighted by Gasteiger charge is -2.03. The molecule has 0 fully saturated rings. The molecule has 3 rings (SSSR count). The molecule has 0 aliphatic carbocycles. The first kappa shape index (κ1) is 18.9. The molecule has 0 radical (unpaired) electrons. The molecule has 0 saturated heterocycles. The van der Waals surface area contributed by atoms with Crippen molar-refractivity contribution in [1.29, 1.82) is 0 Å². The van der Waals surface area contributed by atoms with E-state index in [4.69, 9.17) is 17.3 Å². The van der Waals surface area contributed by atoms with Gasteiger partial charge in [-0.15, -0.1) is 10.2 Å². The number of hydrogen-bond acceptors (Lipinski definition) is 4. The van der Waals surface area contributed by atoms with Crippen molar-refractivity contribution in [2.45, 2.75) is 13.5 Å². The predicted molar refractivity (Wildman–Crippen MR) is 93.7 cm³/mol. The summed E-state index contributed by atoms with van der Waals surface area (Å²) in [5, 5.41) is 13.2. The predicted octanol–water partition coefficient (Wildman–Crippen LogP) is 0.719. The molecule has 0 atom stereocenters. The average Bonchev–Trinajstić information content (AvgIpc) is 2.89. The molecule has 0 saturated carbocycles. The van der Waals surface area contributed by atoms with Crippen molar-refractivity contribution in [3.8, 4) is 0 Å². The van der Waals surface area contributed by atoms with Crippen LogP contribution in [0.25, 0.3) is 0 Å². The largest absolute Gasteiger partial charge is 1.00 e. The molecule has 2 N–H and O–H groups in total. The Balaban J connectivity index is 0.00000225. The molecule has 3 aromatic rings. The van der Waals surface area contributed by atoms with Gasteiger partial charge >= 0.3 is 0 Å². The summed E-state index contributed by atoms with van der Waals surface area (Å²) in [6.07, 6.45) is 5.56. The first-order chi connectivity index (χ1) is 11.5. The van der Waals surface area contributed by atoms with Crippen LogP contribution in [0, 0.1) is 6.92 Å². The van der Waals surface area contributed by atoms with Crippen LogP contribution >= 0.6 is 11.6 Å². The molecule has 25 heavy (non-hydrogen) atoms. The molecule has 0 bridgehead atoms. The second kappa shape index (κ2) is 8.09. The lowest BCUT2D eigenvalue weighted by atomic mass is 10.2. The van der Waals surface area contributed by atoms with E-state index in [0.29, 0.717) is 28.8 Å². The number of nitrogen functional groups attached to an aromatic ring is 1. The number of aryl methyl sites for hydroxylation is 2. The molecule has 0 spiro atoms. The Morgan fingerprint density at radius 1 is 1.16 bits per heavy atom. The summed E-state index contributed by atoms with van der Waals surface area (Å²) in [5.74, 6) is 0.468. The third-order valence-corrected chi connectivity index (χ3v) is 3.91. The summed E-state index contributed by atoms with van der Waals surface area (Å²) in [4.78, 5) is 0. The van der Waals surface area contributed by atoms with Crippen molar-refractivity contribution in [3.05, 3.63) is 65.1 Å². The maximum atomic E-state index is 6.15. The van der Waals surface area contributed by atoms with Crippen molar-refractivity contribution in [3.63, 3.8) is 0 Å². The summed E-state index contributed by atoms with van der Waals surface area (Å²) < 4.78 is 3.67. The maximum absolute atomic E-state index is 6.15. The standard InChI is InChI=1S/C17H18ClN6.ClH/c1-12-3-4-15(14(18)9-12)21-22-16-10-20-24(17(16)19)11-13-5-7-23(2)8-6-13;/h3-10H,11,19H2,1-2H3;1H/q+1;/p-1. The molecular formula is C17H18Cl2N6. The smallest absolute Gasteiger partial charge is 0.168 e. The Morgan fingerprint density at radius 3 is 2.52 bits per heavy atom. The zero-order valence-electron chi connectivity index (χ0n) is 13.9. The van der Waals surface area contributed by atoms with Gasteiger partial charge in [0.05, 0.1) is 17.8 Å². The number of benzene rings is 1. The Bertz CT molecular complexity index is 887. The van der Waals surface area contributed by atoms with E-state index in [9.17, 15) is 0 Å². The fourth-order valence-electron chi connectivity index (χ4n) is 2.20. The quantitative estimate of drug-likeness (QED) is 0.538. The molecule has 0 unspecified atom stereocenters. The summed E-state index contributed by atoms with van der Waals surface area (Å²) >= 11 is 6.15. The van der Waals surface area contributed by atoms with Crippen LogP contribution in [-0.2, 0) is 13.6 Å². The van der Waals surface area contributed by atoms with E-state index in [1.54, 1.807) is 10.9 Å². The molecule has 8 heteroatoms. The summed E-state index contributed by atoms with van der Waals surface area (Å²) in [6.45, 7) is 2.55. The summed E-state index contributed by atoms with van der Waals surface area (Å²) in [7, 11) is 1.97. The fraction of sp³-hybridized carbons (Fsp3) is 0.176. The average molecular weight is 377 g/mol. The molecule has 6 nitrogen and oxygen atoms in total. The van der Waals surface area contributed by atoms with Crippen LogP contribution in [0.4, 0.5) is 17.2 Å². The van der Waals surface area contributed by atoms with Gasteiger partial charge in [0.25, 0.3) is 0 Å². The van der Waals surface area contributed by atoms with Crippen LogP contribution < -0.4 is 22.7 Å². The van der Waals surface area contributed by atoms with Crippen molar-refractivity contribution in [2.75, 3.05) is 5.73 Å². The molecule has 130 valence electrons. The highest BCUT2D eigenvalue weighted by Gasteiger charge is 2.08. The molecule has 1 aromatic carbocycles. The minimum Gasteiger partial charge on any atom is -1.00 e. The van der Waals surface area contributed by atoms with Gasteiger partial charge < -0.3 is 18.1 Å². The molecule has 0 amide bonds. The number of hydrogen-bond donors (Lipinski definition) is 1. The van der Waals surface area contributed by atoms with E-state index in [0.717, 1.165) is 11.1 Å². The summed E-state index contributed by atoms with van der Waals surface area (Å²) in [6, 6.07) is 9.65. The minimum absolute atomic E-state index is 0. The second-order valence-electron chi connectivity index (χ2n) is 5.60. The minimum atomic E-state index is 0. The maximum Gasteiger partial charge on any atom is 0.168 e. The number of azo groups is 1. The van der Waals surface area contributed by atoms with Crippen LogP contribution in [0.5, 0.6) is 0 Å². The topological polar surface area (TPSA) is 72.4 Å². The Morgan fingerprint density at radius 2 is 1.84 bits per heavy atom. The third kappa shape index (κ3) is 4.55. The zero-order valence-corrected chi connectivity index (χ0v) is 15.4. The first-order valence-corrected chi connectivity index (χ1v) is 7.84. The highest BCUT2D eigenvalue weighted by Crippen LogP contribution is 2.29. The van der Waals surface area contributed by atoms with Gasteiger partial charge in [0.15, 0.2) is 12.4 Å². The van der Waals surface area contributed by atoms with E-state index >= 15 is 0 Å². The van der Waals surface area contributed by atoms with Crippen LogP contribution in [0.2, 0.25) is 5.02 Å². The number of nitrogens with zero attached hydrogens (tertiary/aromatic N) is 5. The van der Waals surface area contributed by atoms with E-state index in [1.165, 1.54) is 0 Å². The Labute approximate surface area is 157 Å². The third-order valence-electron chi connectivity index (χ3n) is 3.61. The normalized spacial score (nSPS) is 10.8. The highest BCUT2D eigenvalue weighted by atomic mass is 35.5. The lowest BCUT2D eigenvalue weighted by molar-refractivity contribution is -0.671. The zero-order chi connectivity index (χ0) is 17.1. The fourth-order valence-corrected chi connectivity index (χ4v) is 2.47. The molecule has 2 aromatic heterocycles. The SMILES string of the molecule is Cc1ccc(N=Nc2cnn(Cc3cc[n+](C)cc3)c2N)c(Cl)c1.[Cl-]. The molecule has 0 aliphatic rings. The van der Waals surface area contributed by atoms with Crippen LogP contribution in [-0.4, -0.2) is 9.78 Å². The monoisotopic (exact) mass is 376 g/mol. The van der Waals surface area contributed by atoms with Crippen molar-refractivity contribution < 1.29 is 17.0 Å². The van der Waals surface area contributed by atoms with Crippen LogP contribution in [0.1, 0.15) is 11.1 Å². The second-order valence-corrected chi connectivity index (χ2v) is 6.01. The first-order valence-electron chi connectivity index (χ1n) is 7.46.